The van der Waals surface area contributed by atoms with Gasteiger partial charge in [-0.1, -0.05) is 89.9 Å². The van der Waals surface area contributed by atoms with Crippen molar-refractivity contribution in [3.63, 3.8) is 0 Å². The zero-order chi connectivity index (χ0) is 31.6. The van der Waals surface area contributed by atoms with E-state index in [0.29, 0.717) is 32.7 Å². The fourth-order valence-corrected chi connectivity index (χ4v) is 5.62. The molecule has 5 rings (SSSR count). The van der Waals surface area contributed by atoms with Crippen molar-refractivity contribution in [2.24, 2.45) is 0 Å². The van der Waals surface area contributed by atoms with Crippen molar-refractivity contribution < 1.29 is 14.4 Å². The molecule has 3 N–H and O–H groups in total. The molecule has 0 fully saturated rings. The van der Waals surface area contributed by atoms with E-state index in [4.69, 9.17) is 23.2 Å². The Morgan fingerprint density at radius 1 is 0.733 bits per heavy atom. The minimum Gasteiger partial charge on any atom is -0.321 e. The lowest BCUT2D eigenvalue weighted by atomic mass is 10.1. The van der Waals surface area contributed by atoms with Crippen LogP contribution in [0.3, 0.4) is 0 Å². The summed E-state index contributed by atoms with van der Waals surface area (Å²) in [7, 11) is 0. The van der Waals surface area contributed by atoms with Crippen LogP contribution >= 0.6 is 35.0 Å². The summed E-state index contributed by atoms with van der Waals surface area (Å²) in [4.78, 5) is 44.9. The molecule has 45 heavy (non-hydrogen) atoms. The summed E-state index contributed by atoms with van der Waals surface area (Å²) in [6.45, 7) is 0. The number of nitrogens with zero attached hydrogens (tertiary/aromatic N) is 1. The summed E-state index contributed by atoms with van der Waals surface area (Å²) < 4.78 is 0. The number of pyridine rings is 1. The largest absolute Gasteiger partial charge is 0.321 e. The summed E-state index contributed by atoms with van der Waals surface area (Å²) in [6.07, 6.45) is 3.02. The summed E-state index contributed by atoms with van der Waals surface area (Å²) in [5, 5.41) is 8.78. The maximum atomic E-state index is 13.5. The number of rotatable bonds is 10. The molecule has 1 atom stereocenters. The van der Waals surface area contributed by atoms with Gasteiger partial charge in [0.25, 0.3) is 11.8 Å². The Bertz CT molecular complexity index is 1840. The molecule has 4 aromatic carbocycles. The van der Waals surface area contributed by atoms with Gasteiger partial charge in [0, 0.05) is 27.4 Å². The van der Waals surface area contributed by atoms with E-state index in [2.05, 4.69) is 20.9 Å². The lowest BCUT2D eigenvalue weighted by Crippen LogP contribution is -2.30. The highest BCUT2D eigenvalue weighted by atomic mass is 35.5. The molecule has 0 aliphatic carbocycles. The normalized spacial score (nSPS) is 11.7. The van der Waals surface area contributed by atoms with Crippen molar-refractivity contribution in [1.82, 2.24) is 10.3 Å². The number of benzene rings is 4. The number of halogens is 2. The monoisotopic (exact) mass is 652 g/mol. The van der Waals surface area contributed by atoms with Crippen LogP contribution in [-0.4, -0.2) is 22.7 Å². The summed E-state index contributed by atoms with van der Waals surface area (Å²) >= 11 is 13.4. The van der Waals surface area contributed by atoms with Gasteiger partial charge < -0.3 is 16.0 Å². The predicted octanol–water partition coefficient (Wildman–Crippen LogP) is 8.27. The second-order valence-corrected chi connectivity index (χ2v) is 11.7. The van der Waals surface area contributed by atoms with E-state index in [9.17, 15) is 14.4 Å². The predicted molar refractivity (Wildman–Crippen MR) is 181 cm³/mol. The number of carbonyl (C=O) groups excluding carboxylic acids is 3. The number of carbonyl (C=O) groups is 3. The Morgan fingerprint density at radius 2 is 1.47 bits per heavy atom. The maximum absolute atomic E-state index is 13.5. The SMILES string of the molecule is O=C(Nc1cccc(SC(C(=O)Nc2ccc(Cl)cn2)c2ccccc2)c1)/C(=C/c1cccc(Cl)c1)NC(=O)c1ccccc1. The Hall–Kier alpha value is -4.89. The highest BCUT2D eigenvalue weighted by Gasteiger charge is 2.23. The average molecular weight is 654 g/mol. The first-order chi connectivity index (χ1) is 21.8. The molecule has 0 saturated heterocycles. The molecule has 0 radical (unpaired) electrons. The van der Waals surface area contributed by atoms with E-state index in [-0.39, 0.29) is 11.6 Å². The van der Waals surface area contributed by atoms with E-state index in [1.807, 2.05) is 36.4 Å². The maximum Gasteiger partial charge on any atom is 0.272 e. The van der Waals surface area contributed by atoms with Crippen LogP contribution in [0, 0.1) is 0 Å². The van der Waals surface area contributed by atoms with Crippen molar-refractivity contribution in [3.8, 4) is 0 Å². The second-order valence-electron chi connectivity index (χ2n) is 9.67. The lowest BCUT2D eigenvalue weighted by molar-refractivity contribution is -0.116. The lowest BCUT2D eigenvalue weighted by Gasteiger charge is -2.17. The van der Waals surface area contributed by atoms with E-state index >= 15 is 0 Å². The van der Waals surface area contributed by atoms with Gasteiger partial charge in [-0.25, -0.2) is 4.98 Å². The fourth-order valence-electron chi connectivity index (χ4n) is 4.23. The molecule has 10 heteroatoms. The number of aromatic nitrogens is 1. The number of nitrogens with one attached hydrogen (secondary N) is 3. The highest BCUT2D eigenvalue weighted by Crippen LogP contribution is 2.37. The first-order valence-corrected chi connectivity index (χ1v) is 15.4. The van der Waals surface area contributed by atoms with E-state index in [0.717, 1.165) is 10.5 Å². The molecular formula is C35H26Cl2N4O3S. The first-order valence-electron chi connectivity index (χ1n) is 13.7. The molecule has 224 valence electrons. The fraction of sp³-hybridized carbons (Fsp3) is 0.0286. The molecule has 7 nitrogen and oxygen atoms in total. The molecule has 0 aliphatic heterocycles. The minimum atomic E-state index is -0.627. The van der Waals surface area contributed by atoms with Gasteiger partial charge in [-0.2, -0.15) is 0 Å². The van der Waals surface area contributed by atoms with Crippen LogP contribution in [0.4, 0.5) is 11.5 Å². The van der Waals surface area contributed by atoms with Gasteiger partial charge in [-0.3, -0.25) is 14.4 Å². The minimum absolute atomic E-state index is 0.0289. The third kappa shape index (κ3) is 9.06. The number of hydrogen-bond acceptors (Lipinski definition) is 5. The first kappa shape index (κ1) is 31.5. The molecule has 0 spiro atoms. The topological polar surface area (TPSA) is 100 Å². The van der Waals surface area contributed by atoms with Gasteiger partial charge in [-0.05, 0) is 71.8 Å². The third-order valence-electron chi connectivity index (χ3n) is 6.35. The Kier molecular flexibility index (Phi) is 10.7. The van der Waals surface area contributed by atoms with E-state index in [1.54, 1.807) is 91.0 Å². The van der Waals surface area contributed by atoms with Gasteiger partial charge in [0.2, 0.25) is 5.91 Å². The van der Waals surface area contributed by atoms with Gasteiger partial charge in [0.1, 0.15) is 16.8 Å². The van der Waals surface area contributed by atoms with Crippen LogP contribution in [-0.2, 0) is 9.59 Å². The Labute approximate surface area is 274 Å². The van der Waals surface area contributed by atoms with Crippen LogP contribution < -0.4 is 16.0 Å². The third-order valence-corrected chi connectivity index (χ3v) is 8.06. The van der Waals surface area contributed by atoms with Crippen molar-refractivity contribution in [2.45, 2.75) is 10.1 Å². The standard InChI is InChI=1S/C35H26Cl2N4O3S/c36-26-14-7-9-23(19-26)20-30(40-33(42)25-12-5-2-6-13-25)34(43)39-28-15-8-16-29(21-28)45-32(24-10-3-1-4-11-24)35(44)41-31-18-17-27(37)22-38-31/h1-22,32H,(H,39,43)(H,40,42)(H,38,41,44)/b30-20-. The second kappa shape index (κ2) is 15.2. The molecule has 1 heterocycles. The molecule has 1 unspecified atom stereocenters. The molecule has 1 aromatic heterocycles. The number of hydrogen-bond donors (Lipinski definition) is 3. The van der Waals surface area contributed by atoms with Gasteiger partial charge in [-0.15, -0.1) is 11.8 Å². The van der Waals surface area contributed by atoms with Crippen molar-refractivity contribution >= 4 is 70.3 Å². The van der Waals surface area contributed by atoms with Crippen molar-refractivity contribution in [3.05, 3.63) is 160 Å². The summed E-state index contributed by atoms with van der Waals surface area (Å²) in [6, 6.07) is 35.3. The molecule has 0 saturated carbocycles. The molecule has 5 aromatic rings. The van der Waals surface area contributed by atoms with E-state index < -0.39 is 17.1 Å². The van der Waals surface area contributed by atoms with Crippen LogP contribution in [0.25, 0.3) is 6.08 Å². The van der Waals surface area contributed by atoms with E-state index in [1.165, 1.54) is 18.0 Å². The molecule has 3 amide bonds. The zero-order valence-electron chi connectivity index (χ0n) is 23.6. The number of amides is 3. The molecule has 0 aliphatic rings. The Morgan fingerprint density at radius 3 is 2.18 bits per heavy atom. The highest BCUT2D eigenvalue weighted by molar-refractivity contribution is 8.00. The smallest absolute Gasteiger partial charge is 0.272 e. The van der Waals surface area contributed by atoms with Gasteiger partial charge in [0.05, 0.1) is 5.02 Å². The number of anilines is 2. The zero-order valence-corrected chi connectivity index (χ0v) is 25.9. The number of thioether (sulfide) groups is 1. The Balaban J connectivity index is 1.37. The van der Waals surface area contributed by atoms with Gasteiger partial charge >= 0.3 is 0 Å². The van der Waals surface area contributed by atoms with Crippen LogP contribution in [0.5, 0.6) is 0 Å². The van der Waals surface area contributed by atoms with Crippen LogP contribution in [0.1, 0.15) is 26.7 Å². The molecular weight excluding hydrogens is 627 g/mol. The van der Waals surface area contributed by atoms with Crippen molar-refractivity contribution in [1.29, 1.82) is 0 Å². The summed E-state index contributed by atoms with van der Waals surface area (Å²) in [5.41, 5.74) is 2.33. The van der Waals surface area contributed by atoms with Crippen molar-refractivity contribution in [2.75, 3.05) is 10.6 Å². The van der Waals surface area contributed by atoms with Gasteiger partial charge in [0.15, 0.2) is 0 Å². The summed E-state index contributed by atoms with van der Waals surface area (Å²) in [5.74, 6) is -0.864. The average Bonchev–Trinajstić information content (AvgIpc) is 3.05. The quantitative estimate of drug-likeness (QED) is 0.104. The van der Waals surface area contributed by atoms with Crippen LogP contribution in [0.15, 0.2) is 138 Å². The molecule has 0 bridgehead atoms. The van der Waals surface area contributed by atoms with Crippen LogP contribution in [0.2, 0.25) is 10.0 Å².